The number of hydrazone groups is 1. The van der Waals surface area contributed by atoms with E-state index in [1.54, 1.807) is 12.1 Å². The third-order valence-corrected chi connectivity index (χ3v) is 3.40. The van der Waals surface area contributed by atoms with E-state index in [4.69, 9.17) is 23.8 Å². The van der Waals surface area contributed by atoms with E-state index in [-0.39, 0.29) is 5.75 Å². The molecule has 0 radical (unpaired) electrons. The van der Waals surface area contributed by atoms with Crippen LogP contribution in [0.4, 0.5) is 0 Å². The zero-order valence-corrected chi connectivity index (χ0v) is 13.8. The summed E-state index contributed by atoms with van der Waals surface area (Å²) in [5.74, 6) is 0.125. The highest BCUT2D eigenvalue weighted by molar-refractivity contribution is 7.80. The fraction of sp³-hybridized carbons (Fsp3) is 0.467. The summed E-state index contributed by atoms with van der Waals surface area (Å²) in [5.41, 5.74) is 3.25. The SMILES string of the molecule is CCCCCCCNC(=S)N/N=C\c1cc(Cl)ccc1O. The summed E-state index contributed by atoms with van der Waals surface area (Å²) >= 11 is 11.0. The molecule has 0 heterocycles. The fourth-order valence-corrected chi connectivity index (χ4v) is 2.09. The quantitative estimate of drug-likeness (QED) is 0.294. The van der Waals surface area contributed by atoms with E-state index >= 15 is 0 Å². The average Bonchev–Trinajstić information content (AvgIpc) is 2.46. The van der Waals surface area contributed by atoms with Gasteiger partial charge in [0.2, 0.25) is 0 Å². The highest BCUT2D eigenvalue weighted by Gasteiger charge is 1.99. The maximum atomic E-state index is 9.62. The predicted octanol–water partition coefficient (Wildman–Crippen LogP) is 3.81. The molecule has 0 unspecified atom stereocenters. The van der Waals surface area contributed by atoms with Crippen molar-refractivity contribution in [2.75, 3.05) is 6.54 Å². The van der Waals surface area contributed by atoms with Crippen molar-refractivity contribution >= 4 is 35.1 Å². The van der Waals surface area contributed by atoms with Crippen LogP contribution in [0.2, 0.25) is 5.02 Å². The van der Waals surface area contributed by atoms with Gasteiger partial charge in [-0.25, -0.2) is 0 Å². The molecule has 0 saturated heterocycles. The fourth-order valence-electron chi connectivity index (χ4n) is 1.76. The van der Waals surface area contributed by atoms with E-state index in [1.165, 1.54) is 38.0 Å². The van der Waals surface area contributed by atoms with Gasteiger partial charge in [-0.15, -0.1) is 0 Å². The van der Waals surface area contributed by atoms with Gasteiger partial charge < -0.3 is 10.4 Å². The van der Waals surface area contributed by atoms with Gasteiger partial charge in [0.1, 0.15) is 5.75 Å². The van der Waals surface area contributed by atoms with Crippen LogP contribution >= 0.6 is 23.8 Å². The number of hydrogen-bond acceptors (Lipinski definition) is 3. The molecule has 116 valence electrons. The molecule has 4 nitrogen and oxygen atoms in total. The number of benzene rings is 1. The summed E-state index contributed by atoms with van der Waals surface area (Å²) in [4.78, 5) is 0. The van der Waals surface area contributed by atoms with Gasteiger partial charge in [0.15, 0.2) is 5.11 Å². The Labute approximate surface area is 136 Å². The lowest BCUT2D eigenvalue weighted by atomic mass is 10.1. The van der Waals surface area contributed by atoms with Crippen LogP contribution in [-0.4, -0.2) is 23.0 Å². The van der Waals surface area contributed by atoms with Crippen LogP contribution in [0.1, 0.15) is 44.6 Å². The molecule has 1 rings (SSSR count). The van der Waals surface area contributed by atoms with Crippen molar-refractivity contribution in [3.05, 3.63) is 28.8 Å². The average molecular weight is 328 g/mol. The van der Waals surface area contributed by atoms with E-state index < -0.39 is 0 Å². The Bertz CT molecular complexity index is 480. The summed E-state index contributed by atoms with van der Waals surface area (Å²) in [6.07, 6.45) is 7.60. The Morgan fingerprint density at radius 2 is 2.10 bits per heavy atom. The first-order valence-corrected chi connectivity index (χ1v) is 7.97. The predicted molar refractivity (Wildman–Crippen MR) is 93.2 cm³/mol. The van der Waals surface area contributed by atoms with E-state index in [9.17, 15) is 5.11 Å². The smallest absolute Gasteiger partial charge is 0.186 e. The third-order valence-electron chi connectivity index (χ3n) is 2.93. The highest BCUT2D eigenvalue weighted by atomic mass is 35.5. The third kappa shape index (κ3) is 7.87. The Hall–Kier alpha value is -1.33. The molecular weight excluding hydrogens is 306 g/mol. The van der Waals surface area contributed by atoms with Crippen molar-refractivity contribution in [2.45, 2.75) is 39.0 Å². The van der Waals surface area contributed by atoms with Gasteiger partial charge in [-0.3, -0.25) is 5.43 Å². The molecule has 0 spiro atoms. The summed E-state index contributed by atoms with van der Waals surface area (Å²) in [6, 6.07) is 4.77. The van der Waals surface area contributed by atoms with Crippen molar-refractivity contribution in [2.24, 2.45) is 5.10 Å². The van der Waals surface area contributed by atoms with E-state index in [1.807, 2.05) is 0 Å². The molecule has 0 fully saturated rings. The number of rotatable bonds is 8. The molecule has 0 aliphatic heterocycles. The Balaban J connectivity index is 2.23. The normalized spacial score (nSPS) is 10.8. The molecule has 3 N–H and O–H groups in total. The van der Waals surface area contributed by atoms with Gasteiger partial charge in [0.05, 0.1) is 6.21 Å². The minimum atomic E-state index is 0.125. The number of nitrogens with one attached hydrogen (secondary N) is 2. The molecule has 0 bridgehead atoms. The first-order chi connectivity index (χ1) is 10.1. The summed E-state index contributed by atoms with van der Waals surface area (Å²) in [5, 5.41) is 17.7. The summed E-state index contributed by atoms with van der Waals surface area (Å²) in [7, 11) is 0. The molecule has 0 saturated carbocycles. The first-order valence-electron chi connectivity index (χ1n) is 7.19. The van der Waals surface area contributed by atoms with Gasteiger partial charge in [-0.2, -0.15) is 5.10 Å². The van der Waals surface area contributed by atoms with Crippen molar-refractivity contribution in [1.29, 1.82) is 0 Å². The number of halogens is 1. The summed E-state index contributed by atoms with van der Waals surface area (Å²) in [6.45, 7) is 3.04. The van der Waals surface area contributed by atoms with Crippen LogP contribution in [0, 0.1) is 0 Å². The number of unbranched alkanes of at least 4 members (excludes halogenated alkanes) is 4. The maximum absolute atomic E-state index is 9.62. The standard InChI is InChI=1S/C15H22ClN3OS/c1-2-3-4-5-6-9-17-15(21)19-18-11-12-10-13(16)7-8-14(12)20/h7-8,10-11,20H,2-6,9H2,1H3,(H2,17,19,21)/b18-11-. The molecule has 21 heavy (non-hydrogen) atoms. The minimum absolute atomic E-state index is 0.125. The molecule has 1 aromatic rings. The highest BCUT2D eigenvalue weighted by Crippen LogP contribution is 2.19. The summed E-state index contributed by atoms with van der Waals surface area (Å²) < 4.78 is 0. The van der Waals surface area contributed by atoms with Crippen molar-refractivity contribution < 1.29 is 5.11 Å². The lowest BCUT2D eigenvalue weighted by molar-refractivity contribution is 0.474. The lowest BCUT2D eigenvalue weighted by Crippen LogP contribution is -2.32. The number of thiocarbonyl (C=S) groups is 1. The van der Waals surface area contributed by atoms with Crippen LogP contribution in [0.5, 0.6) is 5.75 Å². The first kappa shape index (κ1) is 17.7. The van der Waals surface area contributed by atoms with Crippen LogP contribution in [0.15, 0.2) is 23.3 Å². The van der Waals surface area contributed by atoms with Crippen LogP contribution in [0.3, 0.4) is 0 Å². The second-order valence-corrected chi connectivity index (χ2v) is 5.59. The maximum Gasteiger partial charge on any atom is 0.186 e. The molecular formula is C15H22ClN3OS. The molecule has 0 atom stereocenters. The molecule has 0 aromatic heterocycles. The largest absolute Gasteiger partial charge is 0.507 e. The zero-order chi connectivity index (χ0) is 15.5. The second kappa shape index (κ2) is 10.4. The van der Waals surface area contributed by atoms with Crippen molar-refractivity contribution in [3.8, 4) is 5.75 Å². The van der Waals surface area contributed by atoms with Gasteiger partial charge in [-0.05, 0) is 36.8 Å². The van der Waals surface area contributed by atoms with Gasteiger partial charge in [0.25, 0.3) is 0 Å². The molecule has 1 aromatic carbocycles. The van der Waals surface area contributed by atoms with Crippen molar-refractivity contribution in [1.82, 2.24) is 10.7 Å². The van der Waals surface area contributed by atoms with Gasteiger partial charge in [-0.1, -0.05) is 44.2 Å². The van der Waals surface area contributed by atoms with Gasteiger partial charge >= 0.3 is 0 Å². The lowest BCUT2D eigenvalue weighted by Gasteiger charge is -2.06. The number of phenolic OH excluding ortho intramolecular Hbond substituents is 1. The van der Waals surface area contributed by atoms with E-state index in [0.717, 1.165) is 13.0 Å². The topological polar surface area (TPSA) is 56.7 Å². The Kier molecular flexibility index (Phi) is 8.78. The Morgan fingerprint density at radius 3 is 2.86 bits per heavy atom. The zero-order valence-electron chi connectivity index (χ0n) is 12.2. The van der Waals surface area contributed by atoms with E-state index in [2.05, 4.69) is 22.8 Å². The van der Waals surface area contributed by atoms with Crippen LogP contribution in [0.25, 0.3) is 0 Å². The second-order valence-electron chi connectivity index (χ2n) is 4.74. The number of aromatic hydroxyl groups is 1. The van der Waals surface area contributed by atoms with Crippen LogP contribution in [-0.2, 0) is 0 Å². The molecule has 0 aliphatic carbocycles. The van der Waals surface area contributed by atoms with Gasteiger partial charge in [0, 0.05) is 17.1 Å². The van der Waals surface area contributed by atoms with E-state index in [0.29, 0.717) is 15.7 Å². The molecule has 0 amide bonds. The number of nitrogens with zero attached hydrogens (tertiary/aromatic N) is 1. The van der Waals surface area contributed by atoms with Crippen molar-refractivity contribution in [3.63, 3.8) is 0 Å². The minimum Gasteiger partial charge on any atom is -0.507 e. The molecule has 0 aliphatic rings. The monoisotopic (exact) mass is 327 g/mol. The van der Waals surface area contributed by atoms with Crippen LogP contribution < -0.4 is 10.7 Å². The number of hydrogen-bond donors (Lipinski definition) is 3. The Morgan fingerprint density at radius 1 is 1.33 bits per heavy atom. The molecule has 6 heteroatoms. The number of phenols is 1.